The summed E-state index contributed by atoms with van der Waals surface area (Å²) >= 11 is 0. The topological polar surface area (TPSA) is 75.9 Å². The van der Waals surface area contributed by atoms with Crippen molar-refractivity contribution < 1.29 is 14.3 Å². The van der Waals surface area contributed by atoms with E-state index in [2.05, 4.69) is 4.90 Å². The van der Waals surface area contributed by atoms with Gasteiger partial charge in [-0.15, -0.1) is 0 Å². The van der Waals surface area contributed by atoms with Crippen molar-refractivity contribution in [3.05, 3.63) is 29.8 Å². The number of likely N-dealkylation sites (tertiary alicyclic amines) is 2. The molecule has 1 aliphatic carbocycles. The second kappa shape index (κ2) is 9.60. The molecule has 6 nitrogen and oxygen atoms in total. The number of ether oxygens (including phenoxy) is 1. The molecule has 0 bridgehead atoms. The van der Waals surface area contributed by atoms with Gasteiger partial charge in [-0.3, -0.25) is 9.59 Å². The smallest absolute Gasteiger partial charge is 0.223 e. The Hall–Kier alpha value is -2.08. The van der Waals surface area contributed by atoms with Gasteiger partial charge in [0.2, 0.25) is 11.8 Å². The third-order valence-electron chi connectivity index (χ3n) is 7.77. The maximum absolute atomic E-state index is 12.7. The summed E-state index contributed by atoms with van der Waals surface area (Å²) in [6, 6.07) is 8.48. The summed E-state index contributed by atoms with van der Waals surface area (Å²) in [7, 11) is 1.66. The molecule has 4 rings (SSSR count). The average Bonchev–Trinajstić information content (AvgIpc) is 3.62. The lowest BCUT2D eigenvalue weighted by atomic mass is 9.73. The molecule has 1 saturated carbocycles. The molecule has 0 spiro atoms. The molecule has 2 aliphatic heterocycles. The highest BCUT2D eigenvalue weighted by Crippen LogP contribution is 2.46. The van der Waals surface area contributed by atoms with Crippen LogP contribution in [0.15, 0.2) is 24.3 Å². The number of aryl methyl sites for hydroxylation is 1. The summed E-state index contributed by atoms with van der Waals surface area (Å²) in [5, 5.41) is 0. The predicted molar refractivity (Wildman–Crippen MR) is 121 cm³/mol. The van der Waals surface area contributed by atoms with E-state index in [-0.39, 0.29) is 17.2 Å². The van der Waals surface area contributed by atoms with Crippen molar-refractivity contribution in [2.75, 3.05) is 33.3 Å². The third-order valence-corrected chi connectivity index (χ3v) is 7.77. The fourth-order valence-electron chi connectivity index (χ4n) is 5.42. The van der Waals surface area contributed by atoms with E-state index in [4.69, 9.17) is 10.5 Å². The number of primary amides is 1. The van der Waals surface area contributed by atoms with Crippen LogP contribution in [0.1, 0.15) is 56.9 Å². The first-order valence-electron chi connectivity index (χ1n) is 11.9. The van der Waals surface area contributed by atoms with E-state index in [1.54, 1.807) is 7.11 Å². The van der Waals surface area contributed by atoms with Crippen LogP contribution in [0.3, 0.4) is 0 Å². The molecule has 2 heterocycles. The molecule has 1 aromatic carbocycles. The number of carbonyl (C=O) groups excluding carboxylic acids is 2. The fraction of sp³-hybridized carbons (Fsp3) is 0.680. The zero-order valence-corrected chi connectivity index (χ0v) is 18.9. The number of rotatable bonds is 8. The molecule has 2 N–H and O–H groups in total. The van der Waals surface area contributed by atoms with Crippen LogP contribution in [0, 0.1) is 11.3 Å². The number of amides is 2. The number of carbonyl (C=O) groups is 2. The molecule has 0 aromatic heterocycles. The molecule has 2 saturated heterocycles. The number of nitrogens with two attached hydrogens (primary N) is 1. The van der Waals surface area contributed by atoms with Crippen molar-refractivity contribution >= 4 is 11.8 Å². The molecular weight excluding hydrogens is 390 g/mol. The second-order valence-corrected chi connectivity index (χ2v) is 9.79. The minimum Gasteiger partial charge on any atom is -0.497 e. The number of nitrogens with zero attached hydrogens (tertiary/aromatic N) is 2. The van der Waals surface area contributed by atoms with Crippen LogP contribution < -0.4 is 10.5 Å². The van der Waals surface area contributed by atoms with Gasteiger partial charge in [0.1, 0.15) is 5.75 Å². The monoisotopic (exact) mass is 427 g/mol. The number of methoxy groups -OCH3 is 1. The number of benzene rings is 1. The maximum atomic E-state index is 12.7. The summed E-state index contributed by atoms with van der Waals surface area (Å²) in [5.41, 5.74) is 6.73. The summed E-state index contributed by atoms with van der Waals surface area (Å²) < 4.78 is 5.19. The van der Waals surface area contributed by atoms with Crippen LogP contribution in [-0.2, 0) is 16.0 Å². The first kappa shape index (κ1) is 22.1. The number of hydrogen-bond acceptors (Lipinski definition) is 4. The quantitative estimate of drug-likeness (QED) is 0.692. The highest BCUT2D eigenvalue weighted by molar-refractivity contribution is 5.81. The normalized spacial score (nSPS) is 22.3. The Labute approximate surface area is 186 Å². The largest absolute Gasteiger partial charge is 0.497 e. The lowest BCUT2D eigenvalue weighted by Gasteiger charge is -2.45. The highest BCUT2D eigenvalue weighted by Gasteiger charge is 2.44. The van der Waals surface area contributed by atoms with Gasteiger partial charge >= 0.3 is 0 Å². The molecular formula is C25H37N3O3. The molecule has 6 heteroatoms. The Morgan fingerprint density at radius 2 is 1.68 bits per heavy atom. The zero-order valence-electron chi connectivity index (χ0n) is 18.9. The van der Waals surface area contributed by atoms with Crippen molar-refractivity contribution in [3.63, 3.8) is 0 Å². The van der Waals surface area contributed by atoms with Crippen LogP contribution in [-0.4, -0.2) is 60.9 Å². The maximum Gasteiger partial charge on any atom is 0.223 e. The highest BCUT2D eigenvalue weighted by atomic mass is 16.5. The van der Waals surface area contributed by atoms with Gasteiger partial charge in [0.15, 0.2) is 0 Å². The Morgan fingerprint density at radius 3 is 2.23 bits per heavy atom. The summed E-state index contributed by atoms with van der Waals surface area (Å²) in [5.74, 6) is 1.74. The zero-order chi connectivity index (χ0) is 21.8. The van der Waals surface area contributed by atoms with Crippen molar-refractivity contribution in [2.24, 2.45) is 17.1 Å². The van der Waals surface area contributed by atoms with E-state index >= 15 is 0 Å². The van der Waals surface area contributed by atoms with Gasteiger partial charge in [0.25, 0.3) is 0 Å². The van der Waals surface area contributed by atoms with E-state index in [1.807, 2.05) is 29.2 Å². The SMILES string of the molecule is COc1ccc(CCC(=O)N2CCC(N3CCC(CC4CC4)(C(N)=O)CC3)CC2)cc1. The van der Waals surface area contributed by atoms with Crippen LogP contribution in [0.5, 0.6) is 5.75 Å². The Bertz CT molecular complexity index is 759. The molecule has 0 atom stereocenters. The summed E-state index contributed by atoms with van der Waals surface area (Å²) in [4.78, 5) is 29.5. The van der Waals surface area contributed by atoms with Gasteiger partial charge in [-0.2, -0.15) is 0 Å². The van der Waals surface area contributed by atoms with Gasteiger partial charge in [-0.25, -0.2) is 0 Å². The van der Waals surface area contributed by atoms with Crippen LogP contribution in [0.25, 0.3) is 0 Å². The van der Waals surface area contributed by atoms with Crippen molar-refractivity contribution in [1.29, 1.82) is 0 Å². The molecule has 3 aliphatic rings. The van der Waals surface area contributed by atoms with E-state index in [0.29, 0.717) is 12.5 Å². The van der Waals surface area contributed by atoms with Crippen LogP contribution in [0.2, 0.25) is 0 Å². The first-order valence-corrected chi connectivity index (χ1v) is 11.9. The first-order chi connectivity index (χ1) is 15.0. The van der Waals surface area contributed by atoms with Gasteiger partial charge in [0.05, 0.1) is 12.5 Å². The molecule has 31 heavy (non-hydrogen) atoms. The lowest BCUT2D eigenvalue weighted by molar-refractivity contribution is -0.135. The summed E-state index contributed by atoms with van der Waals surface area (Å²) in [6.07, 6.45) is 8.72. The standard InChI is InChI=1S/C25H37N3O3/c1-31-22-7-4-19(5-8-22)6-9-23(29)28-14-10-21(11-15-28)27-16-12-25(13-17-27,24(26)30)18-20-2-3-20/h4-5,7-8,20-21H,2-3,6,9-18H2,1H3,(H2,26,30). The van der Waals surface area contributed by atoms with Crippen molar-refractivity contribution in [1.82, 2.24) is 9.80 Å². The van der Waals surface area contributed by atoms with Gasteiger partial charge in [0, 0.05) is 25.6 Å². The molecule has 0 unspecified atom stereocenters. The van der Waals surface area contributed by atoms with Crippen molar-refractivity contribution in [2.45, 2.75) is 63.8 Å². The minimum atomic E-state index is -0.268. The molecule has 0 radical (unpaired) electrons. The second-order valence-electron chi connectivity index (χ2n) is 9.79. The lowest BCUT2D eigenvalue weighted by Crippen LogP contribution is -2.53. The molecule has 2 amide bonds. The van der Waals surface area contributed by atoms with Gasteiger partial charge < -0.3 is 20.3 Å². The van der Waals surface area contributed by atoms with Crippen LogP contribution >= 0.6 is 0 Å². The van der Waals surface area contributed by atoms with Crippen molar-refractivity contribution in [3.8, 4) is 5.75 Å². The van der Waals surface area contributed by atoms with E-state index < -0.39 is 0 Å². The number of piperidine rings is 2. The Morgan fingerprint density at radius 1 is 1.03 bits per heavy atom. The van der Waals surface area contributed by atoms with Gasteiger partial charge in [-0.1, -0.05) is 25.0 Å². The number of hydrogen-bond donors (Lipinski definition) is 1. The predicted octanol–water partition coefficient (Wildman–Crippen LogP) is 2.99. The molecule has 3 fully saturated rings. The molecule has 170 valence electrons. The average molecular weight is 428 g/mol. The summed E-state index contributed by atoms with van der Waals surface area (Å²) in [6.45, 7) is 3.61. The molecule has 1 aromatic rings. The van der Waals surface area contributed by atoms with E-state index in [9.17, 15) is 9.59 Å². The third kappa shape index (κ3) is 5.40. The Balaban J connectivity index is 1.20. The fourth-order valence-corrected chi connectivity index (χ4v) is 5.42. The van der Waals surface area contributed by atoms with E-state index in [1.165, 1.54) is 18.4 Å². The van der Waals surface area contributed by atoms with E-state index in [0.717, 1.165) is 76.4 Å². The Kier molecular flexibility index (Phi) is 6.85. The minimum absolute atomic E-state index is 0.0867. The van der Waals surface area contributed by atoms with Gasteiger partial charge in [-0.05, 0) is 75.2 Å². The van der Waals surface area contributed by atoms with Crippen LogP contribution in [0.4, 0.5) is 0 Å².